The molecule has 20 heavy (non-hydrogen) atoms. The van der Waals surface area contributed by atoms with E-state index in [1.54, 1.807) is 18.2 Å². The van der Waals surface area contributed by atoms with Crippen LogP contribution in [0.3, 0.4) is 0 Å². The summed E-state index contributed by atoms with van der Waals surface area (Å²) in [6, 6.07) is 4.87. The van der Waals surface area contributed by atoms with Crippen molar-refractivity contribution in [2.75, 3.05) is 13.1 Å². The minimum absolute atomic E-state index is 0.0648. The van der Waals surface area contributed by atoms with Crippen molar-refractivity contribution in [2.24, 2.45) is 0 Å². The summed E-state index contributed by atoms with van der Waals surface area (Å²) in [6.45, 7) is -0.806. The van der Waals surface area contributed by atoms with Gasteiger partial charge in [0.25, 0.3) is 0 Å². The van der Waals surface area contributed by atoms with E-state index in [0.29, 0.717) is 15.6 Å². The molecule has 0 atom stereocenters. The first kappa shape index (κ1) is 16.3. The first-order valence-corrected chi connectivity index (χ1v) is 6.34. The van der Waals surface area contributed by atoms with Gasteiger partial charge in [-0.1, -0.05) is 29.3 Å². The van der Waals surface area contributed by atoms with Gasteiger partial charge in [-0.25, -0.2) is 0 Å². The number of amides is 2. The second kappa shape index (κ2) is 7.72. The van der Waals surface area contributed by atoms with Crippen LogP contribution in [0.15, 0.2) is 18.2 Å². The molecule has 0 bridgehead atoms. The molecule has 0 saturated heterocycles. The fraction of sp³-hybridized carbons (Fsp3) is 0.250. The molecule has 8 heteroatoms. The van der Waals surface area contributed by atoms with Gasteiger partial charge in [-0.3, -0.25) is 14.4 Å². The third-order valence-corrected chi connectivity index (χ3v) is 2.99. The summed E-state index contributed by atoms with van der Waals surface area (Å²) in [7, 11) is 0. The number of carboxylic acid groups (broad SMARTS) is 1. The van der Waals surface area contributed by atoms with Crippen LogP contribution in [0.5, 0.6) is 0 Å². The molecular weight excluding hydrogens is 307 g/mol. The summed E-state index contributed by atoms with van der Waals surface area (Å²) in [5.74, 6) is -2.19. The number of rotatable bonds is 6. The summed E-state index contributed by atoms with van der Waals surface area (Å²) < 4.78 is 0. The minimum atomic E-state index is -1.16. The number of aliphatic carboxylic acids is 1. The van der Waals surface area contributed by atoms with Crippen molar-refractivity contribution in [3.8, 4) is 0 Å². The quantitative estimate of drug-likeness (QED) is 0.724. The molecule has 0 fully saturated rings. The fourth-order valence-electron chi connectivity index (χ4n) is 1.34. The molecular formula is C12H12Cl2N2O4. The molecule has 0 aliphatic carbocycles. The first-order valence-electron chi connectivity index (χ1n) is 5.58. The largest absolute Gasteiger partial charge is 0.480 e. The van der Waals surface area contributed by atoms with Gasteiger partial charge in [0.1, 0.15) is 6.54 Å². The standard InChI is InChI=1S/C12H12Cl2N2O4/c13-8-2-1-3-9(14)7(8)4-10(17)15-5-11(18)16-6-12(19)20/h1-3H,4-6H2,(H,15,17)(H,16,18)(H,19,20). The molecule has 0 spiro atoms. The average molecular weight is 319 g/mol. The molecule has 1 rings (SSSR count). The summed E-state index contributed by atoms with van der Waals surface area (Å²) >= 11 is 11.8. The van der Waals surface area contributed by atoms with Gasteiger partial charge in [0.15, 0.2) is 0 Å². The van der Waals surface area contributed by atoms with Crippen LogP contribution in [-0.4, -0.2) is 36.0 Å². The van der Waals surface area contributed by atoms with Gasteiger partial charge in [0.2, 0.25) is 11.8 Å². The van der Waals surface area contributed by atoms with Gasteiger partial charge in [-0.2, -0.15) is 0 Å². The van der Waals surface area contributed by atoms with E-state index < -0.39 is 24.3 Å². The third kappa shape index (κ3) is 5.46. The molecule has 1 aromatic rings. The highest BCUT2D eigenvalue weighted by atomic mass is 35.5. The number of hydrogen-bond acceptors (Lipinski definition) is 3. The van der Waals surface area contributed by atoms with Gasteiger partial charge < -0.3 is 15.7 Å². The molecule has 3 N–H and O–H groups in total. The predicted molar refractivity (Wildman–Crippen MR) is 73.8 cm³/mol. The topological polar surface area (TPSA) is 95.5 Å². The minimum Gasteiger partial charge on any atom is -0.480 e. The van der Waals surface area contributed by atoms with Crippen molar-refractivity contribution < 1.29 is 19.5 Å². The van der Waals surface area contributed by atoms with Crippen molar-refractivity contribution in [3.05, 3.63) is 33.8 Å². The Morgan fingerprint density at radius 1 is 1.00 bits per heavy atom. The molecule has 6 nitrogen and oxygen atoms in total. The number of carboxylic acids is 1. The van der Waals surface area contributed by atoms with Crippen molar-refractivity contribution >= 4 is 41.0 Å². The van der Waals surface area contributed by atoms with E-state index in [0.717, 1.165) is 0 Å². The van der Waals surface area contributed by atoms with Crippen molar-refractivity contribution in [1.29, 1.82) is 0 Å². The Bertz CT molecular complexity index is 514. The van der Waals surface area contributed by atoms with Crippen molar-refractivity contribution in [2.45, 2.75) is 6.42 Å². The summed E-state index contributed by atoms with van der Waals surface area (Å²) in [4.78, 5) is 33.1. The number of benzene rings is 1. The number of halogens is 2. The molecule has 1 aromatic carbocycles. The second-order valence-electron chi connectivity index (χ2n) is 3.82. The second-order valence-corrected chi connectivity index (χ2v) is 4.64. The normalized spacial score (nSPS) is 9.90. The van der Waals surface area contributed by atoms with E-state index in [1.807, 2.05) is 0 Å². The van der Waals surface area contributed by atoms with Gasteiger partial charge in [-0.15, -0.1) is 0 Å². The number of nitrogens with one attached hydrogen (secondary N) is 2. The predicted octanol–water partition coefficient (Wildman–Crippen LogP) is 0.853. The highest BCUT2D eigenvalue weighted by molar-refractivity contribution is 6.36. The molecule has 0 aromatic heterocycles. The Morgan fingerprint density at radius 2 is 1.55 bits per heavy atom. The highest BCUT2D eigenvalue weighted by Gasteiger charge is 2.12. The zero-order valence-electron chi connectivity index (χ0n) is 10.3. The lowest BCUT2D eigenvalue weighted by Crippen LogP contribution is -2.39. The van der Waals surface area contributed by atoms with Crippen LogP contribution >= 0.6 is 23.2 Å². The fourth-order valence-corrected chi connectivity index (χ4v) is 1.87. The van der Waals surface area contributed by atoms with Gasteiger partial charge in [0, 0.05) is 10.0 Å². The molecule has 0 aliphatic rings. The van der Waals surface area contributed by atoms with Gasteiger partial charge in [0.05, 0.1) is 13.0 Å². The average Bonchev–Trinajstić information content (AvgIpc) is 2.38. The zero-order chi connectivity index (χ0) is 15.1. The van der Waals surface area contributed by atoms with Crippen LogP contribution in [-0.2, 0) is 20.8 Å². The maximum atomic E-state index is 11.6. The van der Waals surface area contributed by atoms with Gasteiger partial charge >= 0.3 is 5.97 Å². The Kier molecular flexibility index (Phi) is 6.27. The summed E-state index contributed by atoms with van der Waals surface area (Å²) in [5.41, 5.74) is 0.472. The Labute approximate surface area is 125 Å². The lowest BCUT2D eigenvalue weighted by Gasteiger charge is -2.08. The van der Waals surface area contributed by atoms with Gasteiger partial charge in [-0.05, 0) is 17.7 Å². The molecule has 0 radical (unpaired) electrons. The van der Waals surface area contributed by atoms with E-state index in [1.165, 1.54) is 0 Å². The zero-order valence-corrected chi connectivity index (χ0v) is 11.8. The molecule has 0 aliphatic heterocycles. The monoisotopic (exact) mass is 318 g/mol. The number of hydrogen-bond donors (Lipinski definition) is 3. The number of carbonyl (C=O) groups is 3. The Hall–Kier alpha value is -1.79. The van der Waals surface area contributed by atoms with E-state index in [-0.39, 0.29) is 13.0 Å². The SMILES string of the molecule is O=C(O)CNC(=O)CNC(=O)Cc1c(Cl)cccc1Cl. The maximum absolute atomic E-state index is 11.6. The lowest BCUT2D eigenvalue weighted by atomic mass is 10.1. The molecule has 0 unspecified atom stereocenters. The first-order chi connectivity index (χ1) is 9.40. The van der Waals surface area contributed by atoms with E-state index in [9.17, 15) is 14.4 Å². The maximum Gasteiger partial charge on any atom is 0.322 e. The molecule has 0 heterocycles. The van der Waals surface area contributed by atoms with Crippen molar-refractivity contribution in [1.82, 2.24) is 10.6 Å². The van der Waals surface area contributed by atoms with Crippen LogP contribution in [0, 0.1) is 0 Å². The molecule has 0 saturated carbocycles. The van der Waals surface area contributed by atoms with Crippen LogP contribution in [0.2, 0.25) is 10.0 Å². The van der Waals surface area contributed by atoms with E-state index in [2.05, 4.69) is 10.6 Å². The van der Waals surface area contributed by atoms with Crippen LogP contribution in [0.25, 0.3) is 0 Å². The smallest absolute Gasteiger partial charge is 0.322 e. The van der Waals surface area contributed by atoms with Crippen LogP contribution < -0.4 is 10.6 Å². The number of carbonyl (C=O) groups excluding carboxylic acids is 2. The van der Waals surface area contributed by atoms with E-state index >= 15 is 0 Å². The highest BCUT2D eigenvalue weighted by Crippen LogP contribution is 2.24. The molecule has 2 amide bonds. The van der Waals surface area contributed by atoms with E-state index in [4.69, 9.17) is 28.3 Å². The third-order valence-electron chi connectivity index (χ3n) is 2.28. The van der Waals surface area contributed by atoms with Crippen molar-refractivity contribution in [3.63, 3.8) is 0 Å². The summed E-state index contributed by atoms with van der Waals surface area (Å²) in [6.07, 6.45) is -0.0648. The Morgan fingerprint density at radius 3 is 2.10 bits per heavy atom. The van der Waals surface area contributed by atoms with Crippen LogP contribution in [0.1, 0.15) is 5.56 Å². The lowest BCUT2D eigenvalue weighted by molar-refractivity contribution is -0.137. The Balaban J connectivity index is 2.44. The summed E-state index contributed by atoms with van der Waals surface area (Å²) in [5, 5.41) is 13.6. The van der Waals surface area contributed by atoms with Crippen LogP contribution in [0.4, 0.5) is 0 Å². The molecule has 108 valence electrons.